The average molecular weight is 647 g/mol. The van der Waals surface area contributed by atoms with Crippen molar-refractivity contribution in [3.8, 4) is 33.4 Å². The molecule has 1 aromatic heterocycles. The fraction of sp³-hybridized carbons (Fsp3) is 0. The van der Waals surface area contributed by atoms with Gasteiger partial charge < -0.3 is 4.42 Å². The van der Waals surface area contributed by atoms with Crippen LogP contribution in [0, 0.1) is 0 Å². The van der Waals surface area contributed by atoms with E-state index in [0.29, 0.717) is 0 Å². The molecular weight excluding hydrogens is 617 g/mol. The van der Waals surface area contributed by atoms with Crippen molar-refractivity contribution in [1.82, 2.24) is 0 Å². The molecule has 0 saturated carbocycles. The third kappa shape index (κ3) is 4.22. The lowest BCUT2D eigenvalue weighted by atomic mass is 9.83. The van der Waals surface area contributed by atoms with Gasteiger partial charge in [-0.15, -0.1) is 0 Å². The van der Waals surface area contributed by atoms with Crippen LogP contribution in [0.25, 0.3) is 109 Å². The topological polar surface area (TPSA) is 13.1 Å². The first kappa shape index (κ1) is 28.2. The van der Waals surface area contributed by atoms with Crippen LogP contribution in [0.4, 0.5) is 0 Å². The van der Waals surface area contributed by atoms with E-state index in [2.05, 4.69) is 170 Å². The molecule has 0 fully saturated rings. The lowest BCUT2D eigenvalue weighted by Crippen LogP contribution is -1.93. The molecule has 236 valence electrons. The molecule has 51 heavy (non-hydrogen) atoms. The van der Waals surface area contributed by atoms with Crippen LogP contribution in [0.15, 0.2) is 186 Å². The Morgan fingerprint density at radius 1 is 0.255 bits per heavy atom. The van der Waals surface area contributed by atoms with Gasteiger partial charge in [-0.3, -0.25) is 0 Å². The average Bonchev–Trinajstić information content (AvgIpc) is 3.57. The second-order valence-electron chi connectivity index (χ2n) is 13.6. The van der Waals surface area contributed by atoms with Gasteiger partial charge in [-0.2, -0.15) is 0 Å². The molecule has 0 bridgehead atoms. The van der Waals surface area contributed by atoms with E-state index in [0.717, 1.165) is 21.9 Å². The van der Waals surface area contributed by atoms with Crippen molar-refractivity contribution >= 4 is 75.8 Å². The van der Waals surface area contributed by atoms with Crippen LogP contribution in [0.5, 0.6) is 0 Å². The first-order valence-electron chi connectivity index (χ1n) is 17.6. The fourth-order valence-electron chi connectivity index (χ4n) is 8.58. The molecule has 0 saturated heterocycles. The molecule has 0 N–H and O–H groups in total. The van der Waals surface area contributed by atoms with E-state index in [1.807, 2.05) is 12.1 Å². The minimum absolute atomic E-state index is 0.911. The van der Waals surface area contributed by atoms with Crippen molar-refractivity contribution in [1.29, 1.82) is 0 Å². The third-order valence-electron chi connectivity index (χ3n) is 10.8. The predicted molar refractivity (Wildman–Crippen MR) is 218 cm³/mol. The number of fused-ring (bicyclic) bond motifs is 9. The lowest BCUT2D eigenvalue weighted by molar-refractivity contribution is 0.669. The second kappa shape index (κ2) is 10.9. The van der Waals surface area contributed by atoms with Gasteiger partial charge in [0.2, 0.25) is 0 Å². The van der Waals surface area contributed by atoms with E-state index in [1.165, 1.54) is 87.2 Å². The summed E-state index contributed by atoms with van der Waals surface area (Å²) >= 11 is 0. The maximum Gasteiger partial charge on any atom is 0.135 e. The number of furan rings is 1. The zero-order valence-corrected chi connectivity index (χ0v) is 27.7. The number of benzene rings is 10. The molecule has 0 amide bonds. The van der Waals surface area contributed by atoms with Gasteiger partial charge in [-0.05, 0) is 124 Å². The molecule has 0 spiro atoms. The van der Waals surface area contributed by atoms with Gasteiger partial charge >= 0.3 is 0 Å². The molecule has 1 nitrogen and oxygen atoms in total. The number of rotatable bonds is 3. The molecule has 0 radical (unpaired) electrons. The molecule has 1 heteroatoms. The molecule has 0 aliphatic heterocycles. The highest BCUT2D eigenvalue weighted by molar-refractivity contribution is 6.26. The highest BCUT2D eigenvalue weighted by Crippen LogP contribution is 2.48. The summed E-state index contributed by atoms with van der Waals surface area (Å²) in [6, 6.07) is 66.5. The molecule has 0 unspecified atom stereocenters. The molecule has 0 aliphatic carbocycles. The van der Waals surface area contributed by atoms with Crippen LogP contribution >= 0.6 is 0 Å². The fourth-order valence-corrected chi connectivity index (χ4v) is 8.58. The summed E-state index contributed by atoms with van der Waals surface area (Å²) in [6.07, 6.45) is 0. The Hall–Kier alpha value is -6.70. The lowest BCUT2D eigenvalue weighted by Gasteiger charge is -2.20. The van der Waals surface area contributed by atoms with Crippen LogP contribution in [0.1, 0.15) is 0 Å². The minimum atomic E-state index is 0.911. The standard InChI is InChI=1S/C50H30O/c1-4-16-36-31(13-1)27-34(30-44(36)33-25-26-48-45(28-33)39-19-11-12-24-47(39)51-48)49-40-20-7-9-22-42(40)50(43-23-10-8-21-41(43)49)46-29-32-14-2-3-15-35(32)37-17-5-6-18-38(37)46/h1-30H. The van der Waals surface area contributed by atoms with E-state index in [-0.39, 0.29) is 0 Å². The van der Waals surface area contributed by atoms with E-state index in [1.54, 1.807) is 0 Å². The second-order valence-corrected chi connectivity index (χ2v) is 13.6. The van der Waals surface area contributed by atoms with E-state index in [4.69, 9.17) is 4.42 Å². The van der Waals surface area contributed by atoms with E-state index >= 15 is 0 Å². The van der Waals surface area contributed by atoms with Gasteiger partial charge in [-0.1, -0.05) is 146 Å². The smallest absolute Gasteiger partial charge is 0.135 e. The van der Waals surface area contributed by atoms with Crippen LogP contribution in [-0.4, -0.2) is 0 Å². The van der Waals surface area contributed by atoms with Crippen LogP contribution in [-0.2, 0) is 0 Å². The molecule has 0 atom stereocenters. The van der Waals surface area contributed by atoms with Crippen molar-refractivity contribution in [2.75, 3.05) is 0 Å². The van der Waals surface area contributed by atoms with Gasteiger partial charge in [0.05, 0.1) is 0 Å². The molecule has 11 rings (SSSR count). The summed E-state index contributed by atoms with van der Waals surface area (Å²) in [6.45, 7) is 0. The zero-order chi connectivity index (χ0) is 33.5. The first-order valence-corrected chi connectivity index (χ1v) is 17.6. The highest BCUT2D eigenvalue weighted by atomic mass is 16.3. The summed E-state index contributed by atoms with van der Waals surface area (Å²) < 4.78 is 6.22. The Bertz CT molecular complexity index is 3140. The number of para-hydroxylation sites is 1. The first-order chi connectivity index (χ1) is 25.3. The normalized spacial score (nSPS) is 11.9. The zero-order valence-electron chi connectivity index (χ0n) is 27.7. The molecule has 1 heterocycles. The molecular formula is C50H30O. The maximum absolute atomic E-state index is 6.22. The molecule has 11 aromatic rings. The van der Waals surface area contributed by atoms with Crippen LogP contribution < -0.4 is 0 Å². The summed E-state index contributed by atoms with van der Waals surface area (Å²) in [4.78, 5) is 0. The Balaban J connectivity index is 1.23. The van der Waals surface area contributed by atoms with Gasteiger partial charge in [0.15, 0.2) is 0 Å². The molecule has 0 aliphatic rings. The van der Waals surface area contributed by atoms with E-state index < -0.39 is 0 Å². The van der Waals surface area contributed by atoms with Gasteiger partial charge in [0.1, 0.15) is 11.2 Å². The van der Waals surface area contributed by atoms with E-state index in [9.17, 15) is 0 Å². The summed E-state index contributed by atoms with van der Waals surface area (Å²) in [5.41, 5.74) is 9.25. The highest BCUT2D eigenvalue weighted by Gasteiger charge is 2.20. The van der Waals surface area contributed by atoms with Gasteiger partial charge in [0, 0.05) is 10.8 Å². The maximum atomic E-state index is 6.22. The Morgan fingerprint density at radius 3 is 1.47 bits per heavy atom. The van der Waals surface area contributed by atoms with Gasteiger partial charge in [-0.25, -0.2) is 0 Å². The Morgan fingerprint density at radius 2 is 0.765 bits per heavy atom. The Labute approximate surface area is 294 Å². The third-order valence-corrected chi connectivity index (χ3v) is 10.8. The Kier molecular flexibility index (Phi) is 6.02. The summed E-state index contributed by atoms with van der Waals surface area (Å²) in [5.74, 6) is 0. The van der Waals surface area contributed by atoms with Crippen molar-refractivity contribution in [3.63, 3.8) is 0 Å². The van der Waals surface area contributed by atoms with Crippen molar-refractivity contribution in [2.24, 2.45) is 0 Å². The van der Waals surface area contributed by atoms with Crippen molar-refractivity contribution in [2.45, 2.75) is 0 Å². The van der Waals surface area contributed by atoms with Crippen LogP contribution in [0.2, 0.25) is 0 Å². The van der Waals surface area contributed by atoms with Crippen molar-refractivity contribution < 1.29 is 4.42 Å². The minimum Gasteiger partial charge on any atom is -0.456 e. The SMILES string of the molecule is c1ccc2c(-c3ccc4oc5ccccc5c4c3)cc(-c3c4ccccc4c(-c4cc5ccccc5c5ccccc45)c4ccccc34)cc2c1. The van der Waals surface area contributed by atoms with Crippen LogP contribution in [0.3, 0.4) is 0 Å². The van der Waals surface area contributed by atoms with Crippen molar-refractivity contribution in [3.05, 3.63) is 182 Å². The predicted octanol–water partition coefficient (Wildman–Crippen LogP) is 14.4. The largest absolute Gasteiger partial charge is 0.456 e. The summed E-state index contributed by atoms with van der Waals surface area (Å²) in [7, 11) is 0. The monoisotopic (exact) mass is 646 g/mol. The number of hydrogen-bond acceptors (Lipinski definition) is 1. The summed E-state index contributed by atoms with van der Waals surface area (Å²) in [5, 5.41) is 14.9. The van der Waals surface area contributed by atoms with Gasteiger partial charge in [0.25, 0.3) is 0 Å². The number of hydrogen-bond donors (Lipinski definition) is 0. The molecule has 10 aromatic carbocycles. The quantitative estimate of drug-likeness (QED) is 0.138.